The molecule has 0 amide bonds. The fourth-order valence-electron chi connectivity index (χ4n) is 0.254. The Balaban J connectivity index is 3.20. The highest BCUT2D eigenvalue weighted by Crippen LogP contribution is 1.78. The lowest BCUT2D eigenvalue weighted by atomic mass is 10.4. The quantitative estimate of drug-likeness (QED) is 0.521. The molecule has 0 heterocycles. The lowest BCUT2D eigenvalue weighted by Crippen LogP contribution is -1.84. The molecule has 8 heavy (non-hydrogen) atoms. The van der Waals surface area contributed by atoms with Gasteiger partial charge in [-0.05, 0) is 6.42 Å². The third-order valence-corrected chi connectivity index (χ3v) is 0.550. The molecule has 45 valence electrons. The molecule has 0 aromatic rings. The molecule has 0 aliphatic carbocycles. The summed E-state index contributed by atoms with van der Waals surface area (Å²) < 4.78 is 0. The zero-order chi connectivity index (χ0) is 6.41. The normalized spacial score (nSPS) is 10.1. The minimum atomic E-state index is -1.22. The Hall–Kier alpha value is -0.830. The molecule has 0 fully saturated rings. The Kier molecular flexibility index (Phi) is 3.88. The number of carbonyl (C=O) groups excluding carboxylic acids is 1. The predicted molar refractivity (Wildman–Crippen MR) is 26.5 cm³/mol. The van der Waals surface area contributed by atoms with Gasteiger partial charge in [-0.1, -0.05) is 6.08 Å². The average molecular weight is 115 g/mol. The van der Waals surface area contributed by atoms with Crippen molar-refractivity contribution in [3.63, 3.8) is 0 Å². The Morgan fingerprint density at radius 2 is 2.25 bits per heavy atom. The maximum absolute atomic E-state index is 9.59. The lowest BCUT2D eigenvalue weighted by molar-refractivity contribution is -0.137. The second-order valence-electron chi connectivity index (χ2n) is 1.23. The third kappa shape index (κ3) is 5.17. The average Bonchev–Trinajstić information content (AvgIpc) is 1.66. The van der Waals surface area contributed by atoms with Gasteiger partial charge in [0.05, 0.1) is 0 Å². The highest BCUT2D eigenvalue weighted by Gasteiger charge is 1.85. The van der Waals surface area contributed by atoms with Gasteiger partial charge >= 0.3 is 5.97 Å². The van der Waals surface area contributed by atoms with E-state index in [1.807, 2.05) is 0 Å². The molecule has 0 rings (SSSR count). The van der Waals surface area contributed by atoms with Gasteiger partial charge in [-0.15, -0.1) is 0 Å². The standard InChI is InChI=1S/C5H7O3/c6-4-2-1-3-5(7)8/h1,3,6H,2,4H2. The number of aliphatic hydroxyl groups is 1. The second kappa shape index (κ2) is 4.33. The van der Waals surface area contributed by atoms with Crippen molar-refractivity contribution in [2.24, 2.45) is 0 Å². The molecule has 0 aromatic carbocycles. The maximum atomic E-state index is 9.59. The first kappa shape index (κ1) is 7.17. The summed E-state index contributed by atoms with van der Waals surface area (Å²) in [6.07, 6.45) is 2.61. The molecule has 0 saturated carbocycles. The van der Waals surface area contributed by atoms with E-state index in [2.05, 4.69) is 0 Å². The van der Waals surface area contributed by atoms with Gasteiger partial charge in [-0.2, -0.15) is 0 Å². The van der Waals surface area contributed by atoms with Crippen molar-refractivity contribution in [2.75, 3.05) is 6.61 Å². The first-order chi connectivity index (χ1) is 3.77. The summed E-state index contributed by atoms with van der Waals surface area (Å²) in [5, 5.41) is 17.7. The Morgan fingerprint density at radius 3 is 2.62 bits per heavy atom. The number of carbonyl (C=O) groups is 1. The van der Waals surface area contributed by atoms with E-state index in [1.54, 1.807) is 0 Å². The molecule has 0 aliphatic heterocycles. The lowest BCUT2D eigenvalue weighted by Gasteiger charge is -1.77. The second-order valence-corrected chi connectivity index (χ2v) is 1.23. The van der Waals surface area contributed by atoms with E-state index in [0.717, 1.165) is 6.08 Å². The summed E-state index contributed by atoms with van der Waals surface area (Å²) in [5.74, 6) is -1.22. The van der Waals surface area contributed by atoms with Crippen LogP contribution in [-0.2, 0) is 9.90 Å². The molecule has 0 unspecified atom stereocenters. The summed E-state index contributed by atoms with van der Waals surface area (Å²) >= 11 is 0. The fraction of sp³-hybridized carbons (Fsp3) is 0.400. The van der Waals surface area contributed by atoms with Gasteiger partial charge in [0.25, 0.3) is 0 Å². The predicted octanol–water partition coefficient (Wildman–Crippen LogP) is -0.118. The van der Waals surface area contributed by atoms with E-state index in [-0.39, 0.29) is 6.61 Å². The highest BCUT2D eigenvalue weighted by molar-refractivity contribution is 5.79. The van der Waals surface area contributed by atoms with Gasteiger partial charge in [0.2, 0.25) is 0 Å². The van der Waals surface area contributed by atoms with Gasteiger partial charge < -0.3 is 5.11 Å². The van der Waals surface area contributed by atoms with Crippen molar-refractivity contribution in [3.05, 3.63) is 12.2 Å². The molecule has 0 aliphatic rings. The summed E-state index contributed by atoms with van der Waals surface area (Å²) in [5.41, 5.74) is 0. The number of hydrogen-bond donors (Lipinski definition) is 1. The Labute approximate surface area is 47.3 Å². The van der Waals surface area contributed by atoms with Crippen LogP contribution in [0.4, 0.5) is 0 Å². The van der Waals surface area contributed by atoms with Crippen LogP contribution < -0.4 is 0 Å². The number of rotatable bonds is 3. The van der Waals surface area contributed by atoms with Gasteiger partial charge in [0, 0.05) is 12.7 Å². The van der Waals surface area contributed by atoms with Gasteiger partial charge in [-0.25, -0.2) is 9.90 Å². The molecule has 0 bridgehead atoms. The number of hydrogen-bond acceptors (Lipinski definition) is 2. The van der Waals surface area contributed by atoms with E-state index in [9.17, 15) is 9.90 Å². The van der Waals surface area contributed by atoms with Crippen LogP contribution in [0.1, 0.15) is 6.42 Å². The Bertz CT molecular complexity index is 95.8. The minimum Gasteiger partial charge on any atom is -0.396 e. The molecule has 1 radical (unpaired) electrons. The van der Waals surface area contributed by atoms with Crippen LogP contribution in [0.5, 0.6) is 0 Å². The third-order valence-electron chi connectivity index (χ3n) is 0.550. The number of aliphatic hydroxyl groups excluding tert-OH is 1. The van der Waals surface area contributed by atoms with Crippen molar-refractivity contribution in [1.29, 1.82) is 0 Å². The SMILES string of the molecule is [O]C(=O)C=CCCO. The smallest absolute Gasteiger partial charge is 0.378 e. The first-order valence-electron chi connectivity index (χ1n) is 2.25. The Morgan fingerprint density at radius 1 is 1.62 bits per heavy atom. The van der Waals surface area contributed by atoms with Crippen molar-refractivity contribution in [2.45, 2.75) is 6.42 Å². The molecule has 0 aromatic heterocycles. The van der Waals surface area contributed by atoms with Crippen LogP contribution >= 0.6 is 0 Å². The molecule has 0 saturated heterocycles. The molecule has 0 atom stereocenters. The fourth-order valence-corrected chi connectivity index (χ4v) is 0.254. The van der Waals surface area contributed by atoms with E-state index in [1.165, 1.54) is 6.08 Å². The van der Waals surface area contributed by atoms with E-state index in [0.29, 0.717) is 6.42 Å². The molecule has 3 heteroatoms. The van der Waals surface area contributed by atoms with Crippen molar-refractivity contribution in [1.82, 2.24) is 0 Å². The van der Waals surface area contributed by atoms with Crippen molar-refractivity contribution in [3.8, 4) is 0 Å². The van der Waals surface area contributed by atoms with Crippen LogP contribution in [0.3, 0.4) is 0 Å². The molecule has 1 N–H and O–H groups in total. The van der Waals surface area contributed by atoms with Crippen molar-refractivity contribution >= 4 is 5.97 Å². The minimum absolute atomic E-state index is 0.0240. The van der Waals surface area contributed by atoms with Crippen LogP contribution in [-0.4, -0.2) is 17.7 Å². The summed E-state index contributed by atoms with van der Waals surface area (Å²) in [6, 6.07) is 0. The highest BCUT2D eigenvalue weighted by atomic mass is 16.4. The first-order valence-corrected chi connectivity index (χ1v) is 2.25. The van der Waals surface area contributed by atoms with E-state index in [4.69, 9.17) is 5.11 Å². The van der Waals surface area contributed by atoms with E-state index < -0.39 is 5.97 Å². The largest absolute Gasteiger partial charge is 0.396 e. The molecule has 3 nitrogen and oxygen atoms in total. The monoisotopic (exact) mass is 115 g/mol. The van der Waals surface area contributed by atoms with Crippen LogP contribution in [0.2, 0.25) is 0 Å². The van der Waals surface area contributed by atoms with E-state index >= 15 is 0 Å². The summed E-state index contributed by atoms with van der Waals surface area (Å²) in [7, 11) is 0. The molecule has 0 spiro atoms. The van der Waals surface area contributed by atoms with Gasteiger partial charge in [0.1, 0.15) is 0 Å². The summed E-state index contributed by atoms with van der Waals surface area (Å²) in [4.78, 5) is 9.59. The van der Waals surface area contributed by atoms with Crippen LogP contribution in [0, 0.1) is 0 Å². The molecular weight excluding hydrogens is 108 g/mol. The molecular formula is C5H7O3. The summed E-state index contributed by atoms with van der Waals surface area (Å²) in [6.45, 7) is -0.0240. The zero-order valence-corrected chi connectivity index (χ0v) is 4.33. The van der Waals surface area contributed by atoms with Crippen LogP contribution in [0.15, 0.2) is 12.2 Å². The zero-order valence-electron chi connectivity index (χ0n) is 4.33. The maximum Gasteiger partial charge on any atom is 0.378 e. The van der Waals surface area contributed by atoms with Crippen molar-refractivity contribution < 1.29 is 15.0 Å². The van der Waals surface area contributed by atoms with Gasteiger partial charge in [0.15, 0.2) is 0 Å². The topological polar surface area (TPSA) is 57.2 Å². The van der Waals surface area contributed by atoms with Gasteiger partial charge in [-0.3, -0.25) is 0 Å². The van der Waals surface area contributed by atoms with Crippen LogP contribution in [0.25, 0.3) is 0 Å².